The lowest BCUT2D eigenvalue weighted by Gasteiger charge is -2.29. The van der Waals surface area contributed by atoms with Gasteiger partial charge in [-0.15, -0.1) is 0 Å². The van der Waals surface area contributed by atoms with Gasteiger partial charge in [-0.05, 0) is 54.7 Å². The van der Waals surface area contributed by atoms with Crippen LogP contribution in [0.3, 0.4) is 0 Å². The van der Waals surface area contributed by atoms with Crippen molar-refractivity contribution < 1.29 is 4.39 Å². The van der Waals surface area contributed by atoms with E-state index in [2.05, 4.69) is 22.6 Å². The number of rotatable bonds is 10. The molecule has 0 radical (unpaired) electrons. The standard InChI is InChI=1S/C24H25Cl2FN2S/c1-24(12-14-29-15-13-28-18-29,11-10-19-4-8-22(27)9-5-19)30-16-2-3-20-6-7-21(25)17-23(20)26/h2-9,13,15,17-18H,10-12,14,16H2,1H3. The van der Waals surface area contributed by atoms with E-state index in [1.165, 1.54) is 12.1 Å². The summed E-state index contributed by atoms with van der Waals surface area (Å²) in [5, 5.41) is 1.29. The monoisotopic (exact) mass is 462 g/mol. The third-order valence-electron chi connectivity index (χ3n) is 5.10. The van der Waals surface area contributed by atoms with Crippen LogP contribution in [0.1, 0.15) is 30.9 Å². The third kappa shape index (κ3) is 7.19. The second-order valence-corrected chi connectivity index (χ2v) is 9.96. The van der Waals surface area contributed by atoms with Crippen molar-refractivity contribution in [1.82, 2.24) is 9.55 Å². The Morgan fingerprint density at radius 3 is 2.63 bits per heavy atom. The summed E-state index contributed by atoms with van der Waals surface area (Å²) in [6.45, 7) is 3.22. The molecule has 0 aliphatic rings. The molecular weight excluding hydrogens is 438 g/mol. The van der Waals surface area contributed by atoms with Gasteiger partial charge in [-0.25, -0.2) is 9.37 Å². The van der Waals surface area contributed by atoms with E-state index in [0.717, 1.165) is 42.7 Å². The molecule has 0 bridgehead atoms. The second-order valence-electron chi connectivity index (χ2n) is 7.51. The van der Waals surface area contributed by atoms with E-state index in [4.69, 9.17) is 23.2 Å². The van der Waals surface area contributed by atoms with E-state index in [-0.39, 0.29) is 10.6 Å². The molecule has 0 aliphatic heterocycles. The van der Waals surface area contributed by atoms with E-state index in [9.17, 15) is 4.39 Å². The molecule has 2 aromatic carbocycles. The number of hydrogen-bond donors (Lipinski definition) is 0. The van der Waals surface area contributed by atoms with Crippen LogP contribution in [-0.4, -0.2) is 20.1 Å². The highest BCUT2D eigenvalue weighted by molar-refractivity contribution is 8.00. The highest BCUT2D eigenvalue weighted by Gasteiger charge is 2.24. The molecule has 1 heterocycles. The number of benzene rings is 2. The third-order valence-corrected chi connectivity index (χ3v) is 7.13. The first kappa shape index (κ1) is 22.9. The van der Waals surface area contributed by atoms with E-state index in [0.29, 0.717) is 10.0 Å². The summed E-state index contributed by atoms with van der Waals surface area (Å²) in [5.74, 6) is 0.685. The molecular formula is C24H25Cl2FN2S. The summed E-state index contributed by atoms with van der Waals surface area (Å²) in [5.41, 5.74) is 2.13. The zero-order valence-electron chi connectivity index (χ0n) is 16.9. The number of aryl methyl sites for hydroxylation is 2. The number of imidazole rings is 1. The first-order valence-corrected chi connectivity index (χ1v) is 11.6. The topological polar surface area (TPSA) is 17.8 Å². The van der Waals surface area contributed by atoms with E-state index in [1.54, 1.807) is 6.07 Å². The van der Waals surface area contributed by atoms with Crippen molar-refractivity contribution in [3.63, 3.8) is 0 Å². The van der Waals surface area contributed by atoms with Gasteiger partial charge in [0.2, 0.25) is 0 Å². The Morgan fingerprint density at radius 2 is 1.93 bits per heavy atom. The summed E-state index contributed by atoms with van der Waals surface area (Å²) in [4.78, 5) is 4.14. The van der Waals surface area contributed by atoms with Gasteiger partial charge in [0.05, 0.1) is 6.33 Å². The van der Waals surface area contributed by atoms with Crippen LogP contribution in [0.25, 0.3) is 6.08 Å². The van der Waals surface area contributed by atoms with Gasteiger partial charge in [-0.1, -0.05) is 60.5 Å². The SMILES string of the molecule is CC(CCc1ccc(F)cc1)(CCn1ccnc1)SCC=Cc1ccc(Cl)cc1Cl. The summed E-state index contributed by atoms with van der Waals surface area (Å²) in [6.07, 6.45) is 12.8. The van der Waals surface area contributed by atoms with Gasteiger partial charge in [-0.3, -0.25) is 0 Å². The van der Waals surface area contributed by atoms with Crippen molar-refractivity contribution in [2.45, 2.75) is 37.5 Å². The van der Waals surface area contributed by atoms with Crippen molar-refractivity contribution in [1.29, 1.82) is 0 Å². The number of nitrogens with zero attached hydrogens (tertiary/aromatic N) is 2. The fraction of sp³-hybridized carbons (Fsp3) is 0.292. The van der Waals surface area contributed by atoms with Gasteiger partial charge in [-0.2, -0.15) is 11.8 Å². The van der Waals surface area contributed by atoms with Gasteiger partial charge in [0.15, 0.2) is 0 Å². The largest absolute Gasteiger partial charge is 0.337 e. The molecule has 6 heteroatoms. The van der Waals surface area contributed by atoms with Crippen molar-refractivity contribution in [2.75, 3.05) is 5.75 Å². The number of thioether (sulfide) groups is 1. The van der Waals surface area contributed by atoms with Crippen LogP contribution in [-0.2, 0) is 13.0 Å². The number of hydrogen-bond acceptors (Lipinski definition) is 2. The first-order valence-electron chi connectivity index (χ1n) is 9.89. The Bertz CT molecular complexity index is 958. The van der Waals surface area contributed by atoms with Crippen LogP contribution in [0.15, 0.2) is 67.3 Å². The average Bonchev–Trinajstić information content (AvgIpc) is 3.25. The molecule has 0 saturated carbocycles. The maximum Gasteiger partial charge on any atom is 0.123 e. The predicted molar refractivity (Wildman–Crippen MR) is 128 cm³/mol. The van der Waals surface area contributed by atoms with Crippen molar-refractivity contribution >= 4 is 41.0 Å². The van der Waals surface area contributed by atoms with Crippen LogP contribution in [0.5, 0.6) is 0 Å². The predicted octanol–water partition coefficient (Wildman–Crippen LogP) is 7.56. The first-order chi connectivity index (χ1) is 14.4. The fourth-order valence-electron chi connectivity index (χ4n) is 3.17. The van der Waals surface area contributed by atoms with Crippen LogP contribution >= 0.6 is 35.0 Å². The number of aromatic nitrogens is 2. The van der Waals surface area contributed by atoms with E-state index < -0.39 is 0 Å². The van der Waals surface area contributed by atoms with Crippen molar-refractivity contribution in [3.8, 4) is 0 Å². The Morgan fingerprint density at radius 1 is 1.13 bits per heavy atom. The van der Waals surface area contributed by atoms with E-state index >= 15 is 0 Å². The molecule has 0 saturated heterocycles. The van der Waals surface area contributed by atoms with Gasteiger partial charge < -0.3 is 4.57 Å². The molecule has 1 atom stereocenters. The quantitative estimate of drug-likeness (QED) is 0.309. The Balaban J connectivity index is 1.61. The van der Waals surface area contributed by atoms with Crippen LogP contribution in [0.4, 0.5) is 4.39 Å². The molecule has 2 nitrogen and oxygen atoms in total. The smallest absolute Gasteiger partial charge is 0.123 e. The van der Waals surface area contributed by atoms with Crippen LogP contribution < -0.4 is 0 Å². The minimum atomic E-state index is -0.193. The maximum absolute atomic E-state index is 13.2. The number of halogens is 3. The summed E-state index contributed by atoms with van der Waals surface area (Å²) in [6, 6.07) is 12.3. The lowest BCUT2D eigenvalue weighted by molar-refractivity contribution is 0.493. The molecule has 3 rings (SSSR count). The lowest BCUT2D eigenvalue weighted by atomic mass is 9.97. The summed E-state index contributed by atoms with van der Waals surface area (Å²) in [7, 11) is 0. The molecule has 1 aromatic heterocycles. The summed E-state index contributed by atoms with van der Waals surface area (Å²) < 4.78 is 15.4. The molecule has 1 unspecified atom stereocenters. The van der Waals surface area contributed by atoms with Gasteiger partial charge >= 0.3 is 0 Å². The minimum Gasteiger partial charge on any atom is -0.337 e. The van der Waals surface area contributed by atoms with Gasteiger partial charge in [0.1, 0.15) is 5.82 Å². The van der Waals surface area contributed by atoms with Crippen LogP contribution in [0, 0.1) is 5.82 Å². The fourth-order valence-corrected chi connectivity index (χ4v) is 4.72. The highest BCUT2D eigenvalue weighted by Crippen LogP contribution is 2.35. The molecule has 30 heavy (non-hydrogen) atoms. The summed E-state index contributed by atoms with van der Waals surface area (Å²) >= 11 is 14.2. The van der Waals surface area contributed by atoms with Gasteiger partial charge in [0.25, 0.3) is 0 Å². The normalized spacial score (nSPS) is 13.6. The molecule has 0 amide bonds. The zero-order chi connectivity index (χ0) is 21.4. The minimum absolute atomic E-state index is 0.0762. The van der Waals surface area contributed by atoms with Crippen molar-refractivity contribution in [3.05, 3.63) is 94.3 Å². The average molecular weight is 463 g/mol. The molecule has 3 aromatic rings. The van der Waals surface area contributed by atoms with Crippen LogP contribution in [0.2, 0.25) is 10.0 Å². The Labute approximate surface area is 192 Å². The molecule has 0 spiro atoms. The Hall–Kier alpha value is -1.75. The second kappa shape index (κ2) is 11.0. The lowest BCUT2D eigenvalue weighted by Crippen LogP contribution is -2.24. The van der Waals surface area contributed by atoms with Crippen molar-refractivity contribution in [2.24, 2.45) is 0 Å². The molecule has 0 fully saturated rings. The molecule has 0 N–H and O–H groups in total. The Kier molecular flexibility index (Phi) is 8.43. The highest BCUT2D eigenvalue weighted by atomic mass is 35.5. The van der Waals surface area contributed by atoms with E-state index in [1.807, 2.05) is 60.8 Å². The molecule has 158 valence electrons. The molecule has 0 aliphatic carbocycles. The maximum atomic E-state index is 13.2. The zero-order valence-corrected chi connectivity index (χ0v) is 19.2. The van der Waals surface area contributed by atoms with Gasteiger partial charge in [0, 0.05) is 39.5 Å².